The summed E-state index contributed by atoms with van der Waals surface area (Å²) in [7, 11) is -4.65. The second-order valence-corrected chi connectivity index (χ2v) is 14.4. The van der Waals surface area contributed by atoms with Gasteiger partial charge in [0.05, 0.1) is 37.6 Å². The molecule has 0 bridgehead atoms. The lowest BCUT2D eigenvalue weighted by atomic mass is 9.43. The second kappa shape index (κ2) is 10.9. The Morgan fingerprint density at radius 2 is 1.70 bits per heavy atom. The van der Waals surface area contributed by atoms with Gasteiger partial charge in [-0.05, 0) is 104 Å². The lowest BCUT2D eigenvalue weighted by Gasteiger charge is -2.63. The Bertz CT molecular complexity index is 898. The van der Waals surface area contributed by atoms with Gasteiger partial charge in [-0.15, -0.1) is 0 Å². The fraction of sp³-hybridized carbons (Fsp3) is 1.00. The summed E-state index contributed by atoms with van der Waals surface area (Å²) in [6, 6.07) is 0. The standard InChI is InChI=1S/C27H48O9S/c1-15(4-7-22(30)16(13-28)14-36-37(33,34)35)19-5-6-20-25-21(12-24(32)27(19,20)3)26(2)9-8-18(29)10-17(26)11-23(25)31/h15-25,28-32H,4-14H2,1-3H3,(H,33,34,35)/t15-,16-,17+,18-,19-,20+,21+,22-,23-,24+,25+,26+,27-/m1/s1. The number of aliphatic hydroxyl groups is 5. The van der Waals surface area contributed by atoms with Crippen LogP contribution in [0, 0.1) is 52.3 Å². The van der Waals surface area contributed by atoms with Crippen LogP contribution < -0.4 is 0 Å². The third-order valence-corrected chi connectivity index (χ3v) is 12.1. The Balaban J connectivity index is 1.45. The van der Waals surface area contributed by atoms with Gasteiger partial charge in [-0.3, -0.25) is 4.55 Å². The van der Waals surface area contributed by atoms with Crippen LogP contribution in [0.15, 0.2) is 0 Å². The van der Waals surface area contributed by atoms with E-state index in [2.05, 4.69) is 25.0 Å². The SMILES string of the molecule is C[C@H](CC[C@@H](O)[C@H](CO)COS(=O)(=O)O)[C@H]1CC[C@H]2[C@@H]3[C@H](O)C[C@@H]4C[C@H](O)CC[C@]4(C)[C@H]3C[C@H](O)[C@]12C. The molecule has 0 aromatic carbocycles. The fourth-order valence-electron chi connectivity index (χ4n) is 9.46. The molecule has 6 N–H and O–H groups in total. The molecule has 0 radical (unpaired) electrons. The van der Waals surface area contributed by atoms with Crippen LogP contribution >= 0.6 is 0 Å². The van der Waals surface area contributed by atoms with Gasteiger partial charge in [0.1, 0.15) is 0 Å². The first kappa shape index (κ1) is 29.6. The summed E-state index contributed by atoms with van der Waals surface area (Å²) in [6.07, 6.45) is 4.54. The molecule has 4 fully saturated rings. The first-order valence-corrected chi connectivity index (χ1v) is 15.5. The quantitative estimate of drug-likeness (QED) is 0.237. The Labute approximate surface area is 221 Å². The van der Waals surface area contributed by atoms with Crippen LogP contribution in [-0.2, 0) is 14.6 Å². The Hall–Kier alpha value is -0.330. The van der Waals surface area contributed by atoms with Gasteiger partial charge in [0, 0.05) is 5.92 Å². The minimum Gasteiger partial charge on any atom is -0.396 e. The molecule has 0 heterocycles. The molecule has 0 saturated heterocycles. The fourth-order valence-corrected chi connectivity index (χ4v) is 9.81. The van der Waals surface area contributed by atoms with E-state index in [4.69, 9.17) is 4.55 Å². The third-order valence-electron chi connectivity index (χ3n) is 11.6. The van der Waals surface area contributed by atoms with E-state index in [9.17, 15) is 34.0 Å². The van der Waals surface area contributed by atoms with Gasteiger partial charge in [-0.2, -0.15) is 8.42 Å². The molecule has 0 unspecified atom stereocenters. The van der Waals surface area contributed by atoms with Crippen molar-refractivity contribution in [2.75, 3.05) is 13.2 Å². The summed E-state index contributed by atoms with van der Waals surface area (Å²) in [4.78, 5) is 0. The van der Waals surface area contributed by atoms with Crippen LogP contribution in [0.2, 0.25) is 0 Å². The van der Waals surface area contributed by atoms with Crippen LogP contribution in [0.3, 0.4) is 0 Å². The molecule has 4 saturated carbocycles. The number of rotatable bonds is 9. The van der Waals surface area contributed by atoms with Crippen LogP contribution in [-0.4, -0.2) is 76.1 Å². The van der Waals surface area contributed by atoms with E-state index >= 15 is 0 Å². The van der Waals surface area contributed by atoms with Crippen LogP contribution in [0.5, 0.6) is 0 Å². The van der Waals surface area contributed by atoms with Crippen LogP contribution in [0.25, 0.3) is 0 Å². The lowest BCUT2D eigenvalue weighted by Crippen LogP contribution is -2.62. The third kappa shape index (κ3) is 5.51. The van der Waals surface area contributed by atoms with Crippen molar-refractivity contribution in [1.82, 2.24) is 0 Å². The van der Waals surface area contributed by atoms with Crippen molar-refractivity contribution in [3.8, 4) is 0 Å². The molecule has 37 heavy (non-hydrogen) atoms. The zero-order chi connectivity index (χ0) is 27.3. The number of aliphatic hydroxyl groups excluding tert-OH is 5. The van der Waals surface area contributed by atoms with Gasteiger partial charge in [-0.25, -0.2) is 4.18 Å². The van der Waals surface area contributed by atoms with Crippen molar-refractivity contribution in [2.45, 2.75) is 103 Å². The van der Waals surface area contributed by atoms with E-state index in [0.29, 0.717) is 19.3 Å². The van der Waals surface area contributed by atoms with E-state index < -0.39 is 47.8 Å². The second-order valence-electron chi connectivity index (χ2n) is 13.3. The highest BCUT2D eigenvalue weighted by atomic mass is 32.3. The molecular formula is C27H48O9S. The van der Waals surface area contributed by atoms with Gasteiger partial charge >= 0.3 is 10.4 Å². The highest BCUT2D eigenvalue weighted by molar-refractivity contribution is 7.80. The molecule has 0 spiro atoms. The first-order valence-electron chi connectivity index (χ1n) is 14.2. The Kier molecular flexibility index (Phi) is 8.75. The monoisotopic (exact) mass is 548 g/mol. The molecule has 216 valence electrons. The van der Waals surface area contributed by atoms with Crippen molar-refractivity contribution < 1.29 is 42.7 Å². The zero-order valence-corrected chi connectivity index (χ0v) is 23.3. The molecule has 0 amide bonds. The van der Waals surface area contributed by atoms with Crippen LogP contribution in [0.4, 0.5) is 0 Å². The van der Waals surface area contributed by atoms with E-state index in [0.717, 1.165) is 38.5 Å². The minimum atomic E-state index is -4.65. The maximum atomic E-state index is 11.7. The van der Waals surface area contributed by atoms with Gasteiger partial charge in [0.15, 0.2) is 0 Å². The normalized spacial score (nSPS) is 46.4. The lowest BCUT2D eigenvalue weighted by molar-refractivity contribution is -0.207. The smallest absolute Gasteiger partial charge is 0.396 e. The van der Waals surface area contributed by atoms with E-state index in [1.165, 1.54) is 0 Å². The maximum absolute atomic E-state index is 11.7. The molecule has 4 rings (SSSR count). The summed E-state index contributed by atoms with van der Waals surface area (Å²) >= 11 is 0. The number of fused-ring (bicyclic) bond motifs is 5. The number of hydrogen-bond acceptors (Lipinski definition) is 8. The average molecular weight is 549 g/mol. The summed E-state index contributed by atoms with van der Waals surface area (Å²) in [5.41, 5.74) is -0.309. The van der Waals surface area contributed by atoms with Crippen molar-refractivity contribution in [3.63, 3.8) is 0 Å². The zero-order valence-electron chi connectivity index (χ0n) is 22.4. The van der Waals surface area contributed by atoms with Gasteiger partial charge in [0.25, 0.3) is 0 Å². The Morgan fingerprint density at radius 3 is 2.35 bits per heavy atom. The average Bonchev–Trinajstić information content (AvgIpc) is 3.17. The summed E-state index contributed by atoms with van der Waals surface area (Å²) in [5.74, 6) is 0.439. The summed E-state index contributed by atoms with van der Waals surface area (Å²) < 4.78 is 34.9. The molecule has 0 aromatic rings. The molecule has 9 nitrogen and oxygen atoms in total. The molecule has 10 heteroatoms. The minimum absolute atomic E-state index is 0.0304. The number of hydrogen-bond donors (Lipinski definition) is 6. The highest BCUT2D eigenvalue weighted by Crippen LogP contribution is 2.68. The summed E-state index contributed by atoms with van der Waals surface area (Å²) in [6.45, 7) is 5.67. The summed E-state index contributed by atoms with van der Waals surface area (Å²) in [5, 5.41) is 53.5. The highest BCUT2D eigenvalue weighted by Gasteiger charge is 2.65. The van der Waals surface area contributed by atoms with Crippen LogP contribution in [0.1, 0.15) is 78.6 Å². The Morgan fingerprint density at radius 1 is 1.00 bits per heavy atom. The molecule has 0 aromatic heterocycles. The molecule has 4 aliphatic rings. The van der Waals surface area contributed by atoms with Crippen molar-refractivity contribution in [2.24, 2.45) is 52.3 Å². The molecule has 0 aliphatic heterocycles. The van der Waals surface area contributed by atoms with E-state index in [-0.39, 0.29) is 52.4 Å². The van der Waals surface area contributed by atoms with Crippen molar-refractivity contribution in [1.29, 1.82) is 0 Å². The van der Waals surface area contributed by atoms with Gasteiger partial charge in [-0.1, -0.05) is 20.8 Å². The largest absolute Gasteiger partial charge is 0.397 e. The topological polar surface area (TPSA) is 165 Å². The predicted molar refractivity (Wildman–Crippen MR) is 136 cm³/mol. The van der Waals surface area contributed by atoms with E-state index in [1.807, 2.05) is 0 Å². The van der Waals surface area contributed by atoms with Gasteiger partial charge in [0.2, 0.25) is 0 Å². The van der Waals surface area contributed by atoms with Crippen molar-refractivity contribution >= 4 is 10.4 Å². The van der Waals surface area contributed by atoms with Crippen molar-refractivity contribution in [3.05, 3.63) is 0 Å². The maximum Gasteiger partial charge on any atom is 0.397 e. The van der Waals surface area contributed by atoms with E-state index in [1.54, 1.807) is 0 Å². The van der Waals surface area contributed by atoms with Gasteiger partial charge < -0.3 is 25.5 Å². The molecular weight excluding hydrogens is 500 g/mol. The molecule has 4 aliphatic carbocycles. The molecule has 13 atom stereocenters. The predicted octanol–water partition coefficient (Wildman–Crippen LogP) is 2.15. The first-order chi connectivity index (χ1) is 17.2.